The number of carbonyl (C=O) groups is 3. The monoisotopic (exact) mass is 377 g/mol. The van der Waals surface area contributed by atoms with Crippen molar-refractivity contribution in [2.75, 3.05) is 33.5 Å². The molecule has 2 aliphatic heterocycles. The van der Waals surface area contributed by atoms with Crippen LogP contribution in [0, 0.1) is 0 Å². The standard InChI is InChI=1S/C18H23N3O6/c1-11(12-3-4-14-15(7-12)27-10-26-14)20-16(22)9-21-6-5-19-18(24)13(21)8-17(23)25-2/h3-4,7,11,13H,5-6,8-10H2,1-2H3,(H,19,24)(H,20,22)/t11-,13+/m1/s1. The van der Waals surface area contributed by atoms with Crippen molar-refractivity contribution < 1.29 is 28.6 Å². The molecule has 0 spiro atoms. The Balaban J connectivity index is 1.60. The Morgan fingerprint density at radius 3 is 2.93 bits per heavy atom. The number of nitrogens with zero attached hydrogens (tertiary/aromatic N) is 1. The average Bonchev–Trinajstić information content (AvgIpc) is 3.12. The molecule has 1 aromatic rings. The third-order valence-corrected chi connectivity index (χ3v) is 4.65. The summed E-state index contributed by atoms with van der Waals surface area (Å²) in [5.41, 5.74) is 0.884. The first-order valence-electron chi connectivity index (χ1n) is 8.75. The zero-order valence-corrected chi connectivity index (χ0v) is 15.3. The van der Waals surface area contributed by atoms with E-state index in [-0.39, 0.29) is 37.6 Å². The molecule has 27 heavy (non-hydrogen) atoms. The first-order chi connectivity index (χ1) is 13.0. The Labute approximate surface area is 156 Å². The lowest BCUT2D eigenvalue weighted by atomic mass is 10.1. The summed E-state index contributed by atoms with van der Waals surface area (Å²) in [6.45, 7) is 2.99. The van der Waals surface area contributed by atoms with Crippen LogP contribution in [0.1, 0.15) is 24.9 Å². The molecule has 0 saturated carbocycles. The smallest absolute Gasteiger partial charge is 0.307 e. The second-order valence-corrected chi connectivity index (χ2v) is 6.46. The molecule has 2 aliphatic rings. The van der Waals surface area contributed by atoms with Gasteiger partial charge in [-0.2, -0.15) is 0 Å². The van der Waals surface area contributed by atoms with Crippen LogP contribution in [-0.4, -0.2) is 62.3 Å². The summed E-state index contributed by atoms with van der Waals surface area (Å²) in [6.07, 6.45) is -0.0900. The van der Waals surface area contributed by atoms with E-state index in [0.717, 1.165) is 5.56 Å². The SMILES string of the molecule is COC(=O)C[C@H]1C(=O)NCCN1CC(=O)N[C@H](C)c1ccc2c(c1)OCO2. The Hall–Kier alpha value is -2.81. The number of esters is 1. The van der Waals surface area contributed by atoms with Gasteiger partial charge in [-0.25, -0.2) is 0 Å². The van der Waals surface area contributed by atoms with Gasteiger partial charge in [-0.3, -0.25) is 19.3 Å². The number of methoxy groups -OCH3 is 1. The van der Waals surface area contributed by atoms with Gasteiger partial charge in [0.05, 0.1) is 26.1 Å². The molecular weight excluding hydrogens is 354 g/mol. The third-order valence-electron chi connectivity index (χ3n) is 4.65. The highest BCUT2D eigenvalue weighted by Gasteiger charge is 2.33. The van der Waals surface area contributed by atoms with Gasteiger partial charge in [0.2, 0.25) is 18.6 Å². The molecule has 0 radical (unpaired) electrons. The molecule has 2 atom stereocenters. The van der Waals surface area contributed by atoms with Gasteiger partial charge < -0.3 is 24.8 Å². The zero-order chi connectivity index (χ0) is 19.4. The summed E-state index contributed by atoms with van der Waals surface area (Å²) in [4.78, 5) is 37.8. The van der Waals surface area contributed by atoms with Crippen LogP contribution in [0.4, 0.5) is 0 Å². The van der Waals surface area contributed by atoms with Crippen LogP contribution in [0.3, 0.4) is 0 Å². The van der Waals surface area contributed by atoms with Gasteiger partial charge in [0.25, 0.3) is 0 Å². The predicted octanol–water partition coefficient (Wildman–Crippen LogP) is -0.0440. The molecule has 1 aromatic carbocycles. The first-order valence-corrected chi connectivity index (χ1v) is 8.75. The van der Waals surface area contributed by atoms with Crippen LogP contribution in [0.25, 0.3) is 0 Å². The Morgan fingerprint density at radius 1 is 1.37 bits per heavy atom. The van der Waals surface area contributed by atoms with E-state index < -0.39 is 12.0 Å². The highest BCUT2D eigenvalue weighted by molar-refractivity contribution is 5.88. The highest BCUT2D eigenvalue weighted by atomic mass is 16.7. The molecule has 0 unspecified atom stereocenters. The van der Waals surface area contributed by atoms with Crippen LogP contribution in [-0.2, 0) is 19.1 Å². The fraction of sp³-hybridized carbons (Fsp3) is 0.500. The van der Waals surface area contributed by atoms with Crippen LogP contribution in [0.2, 0.25) is 0 Å². The fourth-order valence-electron chi connectivity index (χ4n) is 3.15. The molecule has 146 valence electrons. The number of amides is 2. The van der Waals surface area contributed by atoms with Crippen molar-refractivity contribution in [3.05, 3.63) is 23.8 Å². The van der Waals surface area contributed by atoms with Gasteiger partial charge in [-0.05, 0) is 24.6 Å². The Bertz CT molecular complexity index is 738. The minimum atomic E-state index is -0.710. The highest BCUT2D eigenvalue weighted by Crippen LogP contribution is 2.34. The van der Waals surface area contributed by atoms with Crippen LogP contribution in [0.5, 0.6) is 11.5 Å². The topological polar surface area (TPSA) is 106 Å². The summed E-state index contributed by atoms with van der Waals surface area (Å²) in [5.74, 6) is 0.339. The lowest BCUT2D eigenvalue weighted by Gasteiger charge is -2.34. The molecule has 0 aromatic heterocycles. The molecule has 9 heteroatoms. The van der Waals surface area contributed by atoms with Gasteiger partial charge in [0, 0.05) is 13.1 Å². The zero-order valence-electron chi connectivity index (χ0n) is 15.3. The summed E-state index contributed by atoms with van der Waals surface area (Å²) in [5, 5.41) is 5.62. The quantitative estimate of drug-likeness (QED) is 0.670. The Kier molecular flexibility index (Phi) is 5.80. The first kappa shape index (κ1) is 19.0. The van der Waals surface area contributed by atoms with Gasteiger partial charge in [0.15, 0.2) is 11.5 Å². The number of fused-ring (bicyclic) bond motifs is 1. The number of piperazine rings is 1. The molecule has 0 bridgehead atoms. The maximum atomic E-state index is 12.5. The molecule has 1 saturated heterocycles. The number of carbonyl (C=O) groups excluding carboxylic acids is 3. The summed E-state index contributed by atoms with van der Waals surface area (Å²) in [7, 11) is 1.27. The lowest BCUT2D eigenvalue weighted by molar-refractivity contribution is -0.146. The third kappa shape index (κ3) is 4.48. The fourth-order valence-corrected chi connectivity index (χ4v) is 3.15. The summed E-state index contributed by atoms with van der Waals surface area (Å²) < 4.78 is 15.3. The number of benzene rings is 1. The van der Waals surface area contributed by atoms with Crippen LogP contribution >= 0.6 is 0 Å². The number of nitrogens with one attached hydrogen (secondary N) is 2. The van der Waals surface area contributed by atoms with Crippen molar-refractivity contribution >= 4 is 17.8 Å². The maximum Gasteiger partial charge on any atom is 0.307 e. The second kappa shape index (κ2) is 8.26. The number of rotatable bonds is 6. The normalized spacial score (nSPS) is 19.9. The van der Waals surface area contributed by atoms with Crippen molar-refractivity contribution in [2.24, 2.45) is 0 Å². The van der Waals surface area contributed by atoms with Crippen molar-refractivity contribution in [1.29, 1.82) is 0 Å². The van der Waals surface area contributed by atoms with Crippen molar-refractivity contribution in [2.45, 2.75) is 25.4 Å². The van der Waals surface area contributed by atoms with Gasteiger partial charge in [-0.1, -0.05) is 6.07 Å². The lowest BCUT2D eigenvalue weighted by Crippen LogP contribution is -2.58. The van der Waals surface area contributed by atoms with Crippen molar-refractivity contribution in [3.63, 3.8) is 0 Å². The van der Waals surface area contributed by atoms with E-state index in [0.29, 0.717) is 24.6 Å². The molecule has 2 heterocycles. The number of hydrogen-bond donors (Lipinski definition) is 2. The van der Waals surface area contributed by atoms with E-state index in [2.05, 4.69) is 15.4 Å². The minimum Gasteiger partial charge on any atom is -0.469 e. The summed E-state index contributed by atoms with van der Waals surface area (Å²) in [6, 6.07) is 4.55. The molecule has 2 N–H and O–H groups in total. The Morgan fingerprint density at radius 2 is 2.15 bits per heavy atom. The van der Waals surface area contributed by atoms with Gasteiger partial charge >= 0.3 is 5.97 Å². The largest absolute Gasteiger partial charge is 0.469 e. The van der Waals surface area contributed by atoms with E-state index in [1.165, 1.54) is 7.11 Å². The van der Waals surface area contributed by atoms with Crippen molar-refractivity contribution in [3.8, 4) is 11.5 Å². The van der Waals surface area contributed by atoms with E-state index >= 15 is 0 Å². The summed E-state index contributed by atoms with van der Waals surface area (Å²) >= 11 is 0. The number of ether oxygens (including phenoxy) is 3. The van der Waals surface area contributed by atoms with E-state index in [9.17, 15) is 14.4 Å². The van der Waals surface area contributed by atoms with E-state index in [1.54, 1.807) is 4.90 Å². The van der Waals surface area contributed by atoms with E-state index in [1.807, 2.05) is 25.1 Å². The molecular formula is C18H23N3O6. The molecule has 0 aliphatic carbocycles. The predicted molar refractivity (Wildman–Crippen MR) is 94.1 cm³/mol. The minimum absolute atomic E-state index is 0.0178. The van der Waals surface area contributed by atoms with E-state index in [4.69, 9.17) is 9.47 Å². The molecule has 2 amide bonds. The molecule has 9 nitrogen and oxygen atoms in total. The second-order valence-electron chi connectivity index (χ2n) is 6.46. The number of hydrogen-bond acceptors (Lipinski definition) is 7. The van der Waals surface area contributed by atoms with Crippen LogP contribution in [0.15, 0.2) is 18.2 Å². The average molecular weight is 377 g/mol. The van der Waals surface area contributed by atoms with Crippen LogP contribution < -0.4 is 20.1 Å². The molecule has 3 rings (SSSR count). The molecule has 1 fully saturated rings. The van der Waals surface area contributed by atoms with Gasteiger partial charge in [-0.15, -0.1) is 0 Å². The maximum absolute atomic E-state index is 12.5. The van der Waals surface area contributed by atoms with Crippen molar-refractivity contribution in [1.82, 2.24) is 15.5 Å². The van der Waals surface area contributed by atoms with Gasteiger partial charge in [0.1, 0.15) is 6.04 Å².